The molecule has 1 heterocycles. The van der Waals surface area contributed by atoms with E-state index in [9.17, 15) is 19.2 Å². The topological polar surface area (TPSA) is 105 Å². The number of hydrogen-bond donors (Lipinski definition) is 2. The Kier molecular flexibility index (Phi) is 6.93. The van der Waals surface area contributed by atoms with Gasteiger partial charge in [-0.1, -0.05) is 12.1 Å². The first-order valence-corrected chi connectivity index (χ1v) is 10.7. The fourth-order valence-corrected chi connectivity index (χ4v) is 3.68. The van der Waals surface area contributed by atoms with Crippen molar-refractivity contribution in [2.75, 3.05) is 19.7 Å². The van der Waals surface area contributed by atoms with Crippen LogP contribution in [0, 0.1) is 5.82 Å². The van der Waals surface area contributed by atoms with Crippen molar-refractivity contribution in [3.05, 3.63) is 89.2 Å². The highest BCUT2D eigenvalue weighted by atomic mass is 19.1. The van der Waals surface area contributed by atoms with Gasteiger partial charge in [0.1, 0.15) is 29.7 Å². The van der Waals surface area contributed by atoms with E-state index in [2.05, 4.69) is 0 Å². The average Bonchev–Trinajstić information content (AvgIpc) is 2.82. The number of hydroxylamine groups is 2. The molecule has 4 rings (SSSR count). The lowest BCUT2D eigenvalue weighted by Crippen LogP contribution is -2.37. The van der Waals surface area contributed by atoms with Crippen LogP contribution in [-0.4, -0.2) is 46.8 Å². The van der Waals surface area contributed by atoms with E-state index in [0.717, 1.165) is 11.1 Å². The first kappa shape index (κ1) is 23.1. The molecule has 34 heavy (non-hydrogen) atoms. The number of benzene rings is 3. The standard InChI is InChI=1S/C25H24FN3O5/c26-19-4-6-20(7-5-19)34-22-3-1-2-17(14-22)16-28-11-10-18-15-21(8-9-23(18)24(28)30)33-13-12-29(32)25(27)31/h1-9,14-15,32H,10-13,16H2,(H2,27,31). The molecule has 8 nitrogen and oxygen atoms in total. The fourth-order valence-electron chi connectivity index (χ4n) is 3.68. The number of hydrogen-bond acceptors (Lipinski definition) is 5. The summed E-state index contributed by atoms with van der Waals surface area (Å²) in [5, 5.41) is 9.66. The summed E-state index contributed by atoms with van der Waals surface area (Å²) >= 11 is 0. The van der Waals surface area contributed by atoms with Crippen LogP contribution >= 0.6 is 0 Å². The zero-order valence-corrected chi connectivity index (χ0v) is 18.3. The van der Waals surface area contributed by atoms with Gasteiger partial charge in [0, 0.05) is 18.7 Å². The van der Waals surface area contributed by atoms with Crippen molar-refractivity contribution >= 4 is 11.9 Å². The lowest BCUT2D eigenvalue weighted by molar-refractivity contribution is -0.0464. The highest BCUT2D eigenvalue weighted by molar-refractivity contribution is 5.96. The van der Waals surface area contributed by atoms with Gasteiger partial charge in [0.05, 0.1) is 6.54 Å². The number of urea groups is 1. The number of nitrogens with zero attached hydrogens (tertiary/aromatic N) is 2. The number of nitrogens with two attached hydrogens (primary N) is 1. The van der Waals surface area contributed by atoms with Gasteiger partial charge in [-0.05, 0) is 72.1 Å². The van der Waals surface area contributed by atoms with Crippen molar-refractivity contribution in [3.8, 4) is 17.2 Å². The Bertz CT molecular complexity index is 1190. The van der Waals surface area contributed by atoms with Gasteiger partial charge in [-0.3, -0.25) is 10.0 Å². The quantitative estimate of drug-likeness (QED) is 0.387. The summed E-state index contributed by atoms with van der Waals surface area (Å²) in [4.78, 5) is 25.6. The molecule has 0 unspecified atom stereocenters. The van der Waals surface area contributed by atoms with Crippen LogP contribution in [0.3, 0.4) is 0 Å². The Balaban J connectivity index is 1.38. The van der Waals surface area contributed by atoms with Crippen molar-refractivity contribution in [2.45, 2.75) is 13.0 Å². The van der Waals surface area contributed by atoms with E-state index >= 15 is 0 Å². The molecule has 0 bridgehead atoms. The summed E-state index contributed by atoms with van der Waals surface area (Å²) < 4.78 is 24.4. The van der Waals surface area contributed by atoms with Gasteiger partial charge in [0.2, 0.25) is 0 Å². The van der Waals surface area contributed by atoms with Crippen LogP contribution < -0.4 is 15.2 Å². The number of carbonyl (C=O) groups is 2. The molecule has 1 aliphatic rings. The largest absolute Gasteiger partial charge is 0.492 e. The number of fused-ring (bicyclic) bond motifs is 1. The van der Waals surface area contributed by atoms with Crippen LogP contribution in [0.5, 0.6) is 17.2 Å². The molecular formula is C25H24FN3O5. The summed E-state index contributed by atoms with van der Waals surface area (Å²) in [6.07, 6.45) is 0.664. The van der Waals surface area contributed by atoms with E-state index < -0.39 is 6.03 Å². The Hall–Kier alpha value is -4.11. The van der Waals surface area contributed by atoms with Gasteiger partial charge < -0.3 is 20.1 Å². The van der Waals surface area contributed by atoms with Gasteiger partial charge >= 0.3 is 6.03 Å². The molecule has 0 aliphatic carbocycles. The van der Waals surface area contributed by atoms with Gasteiger partial charge in [-0.25, -0.2) is 14.2 Å². The third-order valence-electron chi connectivity index (χ3n) is 5.39. The molecule has 9 heteroatoms. The summed E-state index contributed by atoms with van der Waals surface area (Å²) in [5.74, 6) is 1.27. The summed E-state index contributed by atoms with van der Waals surface area (Å²) in [7, 11) is 0. The number of primary amides is 1. The fraction of sp³-hybridized carbons (Fsp3) is 0.200. The molecule has 3 amide bonds. The average molecular weight is 465 g/mol. The molecule has 3 N–H and O–H groups in total. The Morgan fingerprint density at radius 3 is 2.59 bits per heavy atom. The predicted octanol–water partition coefficient (Wildman–Crippen LogP) is 3.97. The van der Waals surface area contributed by atoms with Gasteiger partial charge in [-0.15, -0.1) is 0 Å². The van der Waals surface area contributed by atoms with E-state index in [4.69, 9.17) is 15.2 Å². The molecule has 176 valence electrons. The molecule has 3 aromatic carbocycles. The van der Waals surface area contributed by atoms with E-state index in [1.54, 1.807) is 41.3 Å². The zero-order chi connectivity index (χ0) is 24.1. The van der Waals surface area contributed by atoms with E-state index in [1.165, 1.54) is 12.1 Å². The molecule has 0 fully saturated rings. The normalized spacial score (nSPS) is 12.8. The van der Waals surface area contributed by atoms with Crippen LogP contribution in [0.2, 0.25) is 0 Å². The monoisotopic (exact) mass is 465 g/mol. The van der Waals surface area contributed by atoms with Gasteiger partial charge in [0.25, 0.3) is 5.91 Å². The summed E-state index contributed by atoms with van der Waals surface area (Å²) in [5.41, 5.74) is 7.36. The van der Waals surface area contributed by atoms with Crippen molar-refractivity contribution in [1.82, 2.24) is 9.96 Å². The van der Waals surface area contributed by atoms with Crippen molar-refractivity contribution < 1.29 is 28.7 Å². The molecule has 0 saturated heterocycles. The Morgan fingerprint density at radius 2 is 1.82 bits per heavy atom. The predicted molar refractivity (Wildman–Crippen MR) is 121 cm³/mol. The second kappa shape index (κ2) is 10.2. The van der Waals surface area contributed by atoms with Crippen LogP contribution in [-0.2, 0) is 13.0 Å². The Labute approximate surface area is 195 Å². The maximum atomic E-state index is 13.1. The number of ether oxygens (including phenoxy) is 2. The van der Waals surface area contributed by atoms with Crippen molar-refractivity contribution in [3.63, 3.8) is 0 Å². The van der Waals surface area contributed by atoms with Crippen molar-refractivity contribution in [1.29, 1.82) is 0 Å². The minimum Gasteiger partial charge on any atom is -0.492 e. The first-order chi connectivity index (χ1) is 16.4. The SMILES string of the molecule is NC(=O)N(O)CCOc1ccc2c(c1)CCN(Cc1cccc(Oc3ccc(F)cc3)c1)C2=O. The Morgan fingerprint density at radius 1 is 1.06 bits per heavy atom. The van der Waals surface area contributed by atoms with E-state index in [0.29, 0.717) is 47.4 Å². The highest BCUT2D eigenvalue weighted by Crippen LogP contribution is 2.27. The van der Waals surface area contributed by atoms with Gasteiger partial charge in [-0.2, -0.15) is 0 Å². The molecule has 0 spiro atoms. The van der Waals surface area contributed by atoms with Crippen LogP contribution in [0.4, 0.5) is 9.18 Å². The number of carbonyl (C=O) groups excluding carboxylic acids is 2. The molecule has 0 radical (unpaired) electrons. The maximum absolute atomic E-state index is 13.1. The number of amides is 3. The lowest BCUT2D eigenvalue weighted by Gasteiger charge is -2.29. The zero-order valence-electron chi connectivity index (χ0n) is 18.3. The lowest BCUT2D eigenvalue weighted by atomic mass is 9.98. The van der Waals surface area contributed by atoms with Crippen LogP contribution in [0.1, 0.15) is 21.5 Å². The minimum absolute atomic E-state index is 0.0641. The van der Waals surface area contributed by atoms with Crippen LogP contribution in [0.25, 0.3) is 0 Å². The second-order valence-corrected chi connectivity index (χ2v) is 7.81. The molecule has 3 aromatic rings. The first-order valence-electron chi connectivity index (χ1n) is 10.7. The molecule has 0 aromatic heterocycles. The maximum Gasteiger partial charge on any atom is 0.338 e. The number of rotatable bonds is 8. The summed E-state index contributed by atoms with van der Waals surface area (Å²) in [6.45, 7) is 0.971. The van der Waals surface area contributed by atoms with E-state index in [-0.39, 0.29) is 24.9 Å². The minimum atomic E-state index is -0.952. The highest BCUT2D eigenvalue weighted by Gasteiger charge is 2.25. The number of halogens is 1. The summed E-state index contributed by atoms with van der Waals surface area (Å²) in [6, 6.07) is 17.5. The smallest absolute Gasteiger partial charge is 0.338 e. The molecule has 0 atom stereocenters. The molecular weight excluding hydrogens is 441 g/mol. The molecule has 0 saturated carbocycles. The van der Waals surface area contributed by atoms with Crippen molar-refractivity contribution in [2.24, 2.45) is 5.73 Å². The second-order valence-electron chi connectivity index (χ2n) is 7.81. The third kappa shape index (κ3) is 5.62. The van der Waals surface area contributed by atoms with Crippen LogP contribution in [0.15, 0.2) is 66.7 Å². The van der Waals surface area contributed by atoms with Gasteiger partial charge in [0.15, 0.2) is 0 Å². The van der Waals surface area contributed by atoms with E-state index in [1.807, 2.05) is 18.2 Å². The molecule has 1 aliphatic heterocycles. The third-order valence-corrected chi connectivity index (χ3v) is 5.39.